The van der Waals surface area contributed by atoms with Crippen LogP contribution in [0.4, 0.5) is 15.8 Å². The molecule has 1 aromatic rings. The molecule has 20 heavy (non-hydrogen) atoms. The lowest BCUT2D eigenvalue weighted by Crippen LogP contribution is -2.30. The Labute approximate surface area is 118 Å². The highest BCUT2D eigenvalue weighted by molar-refractivity contribution is 5.97. The minimum absolute atomic E-state index is 0.0895. The van der Waals surface area contributed by atoms with Crippen LogP contribution in [0.15, 0.2) is 18.2 Å². The quantitative estimate of drug-likeness (QED) is 0.886. The van der Waals surface area contributed by atoms with Crippen molar-refractivity contribution in [1.29, 1.82) is 0 Å². The number of hydrogen-bond acceptors (Lipinski definition) is 3. The summed E-state index contributed by atoms with van der Waals surface area (Å²) in [6.07, 6.45) is 3.86. The summed E-state index contributed by atoms with van der Waals surface area (Å²) >= 11 is 0. The van der Waals surface area contributed by atoms with Gasteiger partial charge < -0.3 is 16.0 Å². The van der Waals surface area contributed by atoms with Crippen LogP contribution in [0.2, 0.25) is 0 Å². The summed E-state index contributed by atoms with van der Waals surface area (Å²) in [5.74, 6) is -0.365. The van der Waals surface area contributed by atoms with E-state index in [0.717, 1.165) is 38.8 Å². The topological polar surface area (TPSA) is 58.4 Å². The molecule has 5 heteroatoms. The number of rotatable bonds is 4. The third kappa shape index (κ3) is 2.38. The van der Waals surface area contributed by atoms with Crippen LogP contribution >= 0.6 is 0 Å². The van der Waals surface area contributed by atoms with Gasteiger partial charge in [0.2, 0.25) is 5.91 Å². The van der Waals surface area contributed by atoms with Crippen LogP contribution in [0.5, 0.6) is 0 Å². The monoisotopic (exact) mass is 277 g/mol. The summed E-state index contributed by atoms with van der Waals surface area (Å²) in [5, 5.41) is 2.78. The lowest BCUT2D eigenvalue weighted by atomic mass is 10.1. The average molecular weight is 277 g/mol. The number of nitrogens with one attached hydrogen (secondary N) is 1. The Hall–Kier alpha value is -1.62. The lowest BCUT2D eigenvalue weighted by molar-refractivity contribution is -0.120. The van der Waals surface area contributed by atoms with Crippen molar-refractivity contribution in [3.05, 3.63) is 24.0 Å². The van der Waals surface area contributed by atoms with E-state index in [4.69, 9.17) is 5.73 Å². The van der Waals surface area contributed by atoms with Crippen molar-refractivity contribution < 1.29 is 9.18 Å². The van der Waals surface area contributed by atoms with E-state index in [1.54, 1.807) is 12.1 Å². The molecular weight excluding hydrogens is 257 g/mol. The smallest absolute Gasteiger partial charge is 0.231 e. The predicted molar refractivity (Wildman–Crippen MR) is 77.2 cm³/mol. The zero-order chi connectivity index (χ0) is 14.2. The SMILES string of the molecule is NCC1(C(=O)Nc2ccc(N3CCCC3)c(F)c2)CC1. The summed E-state index contributed by atoms with van der Waals surface area (Å²) in [6, 6.07) is 4.91. The molecule has 1 aliphatic carbocycles. The molecule has 1 heterocycles. The van der Waals surface area contributed by atoms with Gasteiger partial charge >= 0.3 is 0 Å². The van der Waals surface area contributed by atoms with E-state index in [2.05, 4.69) is 5.32 Å². The molecule has 2 aliphatic rings. The Morgan fingerprint density at radius 1 is 1.35 bits per heavy atom. The molecule has 0 aromatic heterocycles. The van der Waals surface area contributed by atoms with Crippen molar-refractivity contribution in [1.82, 2.24) is 0 Å². The maximum absolute atomic E-state index is 14.1. The van der Waals surface area contributed by atoms with Gasteiger partial charge in [-0.3, -0.25) is 4.79 Å². The van der Waals surface area contributed by atoms with Gasteiger partial charge in [0.25, 0.3) is 0 Å². The van der Waals surface area contributed by atoms with Crippen molar-refractivity contribution in [2.75, 3.05) is 29.9 Å². The maximum Gasteiger partial charge on any atom is 0.231 e. The Morgan fingerprint density at radius 3 is 2.60 bits per heavy atom. The summed E-state index contributed by atoms with van der Waals surface area (Å²) in [6.45, 7) is 2.16. The first-order chi connectivity index (χ1) is 9.64. The van der Waals surface area contributed by atoms with Gasteiger partial charge in [-0.25, -0.2) is 4.39 Å². The molecule has 2 fully saturated rings. The second kappa shape index (κ2) is 5.05. The molecule has 3 N–H and O–H groups in total. The van der Waals surface area contributed by atoms with Crippen molar-refractivity contribution in [2.24, 2.45) is 11.1 Å². The van der Waals surface area contributed by atoms with Crippen molar-refractivity contribution in [3.63, 3.8) is 0 Å². The highest BCUT2D eigenvalue weighted by Crippen LogP contribution is 2.45. The van der Waals surface area contributed by atoms with Crippen LogP contribution in [0.3, 0.4) is 0 Å². The molecule has 0 unspecified atom stereocenters. The second-order valence-electron chi connectivity index (χ2n) is 5.80. The number of nitrogens with zero attached hydrogens (tertiary/aromatic N) is 1. The lowest BCUT2D eigenvalue weighted by Gasteiger charge is -2.19. The van der Waals surface area contributed by atoms with E-state index < -0.39 is 5.41 Å². The number of nitrogens with two attached hydrogens (primary N) is 1. The van der Waals surface area contributed by atoms with E-state index in [9.17, 15) is 9.18 Å². The van der Waals surface area contributed by atoms with E-state index in [1.807, 2.05) is 4.90 Å². The van der Waals surface area contributed by atoms with Gasteiger partial charge in [0.15, 0.2) is 0 Å². The maximum atomic E-state index is 14.1. The molecule has 1 saturated carbocycles. The number of benzene rings is 1. The normalized spacial score (nSPS) is 20.0. The Bertz CT molecular complexity index is 522. The Morgan fingerprint density at radius 2 is 2.05 bits per heavy atom. The number of amides is 1. The van der Waals surface area contributed by atoms with Gasteiger partial charge in [-0.1, -0.05) is 0 Å². The highest BCUT2D eigenvalue weighted by Gasteiger charge is 2.48. The van der Waals surface area contributed by atoms with E-state index in [-0.39, 0.29) is 11.7 Å². The molecule has 1 saturated heterocycles. The molecule has 0 atom stereocenters. The van der Waals surface area contributed by atoms with Crippen LogP contribution < -0.4 is 16.0 Å². The van der Waals surface area contributed by atoms with Gasteiger partial charge in [0, 0.05) is 25.3 Å². The number of hydrogen-bond donors (Lipinski definition) is 2. The second-order valence-corrected chi connectivity index (χ2v) is 5.80. The third-order valence-electron chi connectivity index (χ3n) is 4.38. The summed E-state index contributed by atoms with van der Waals surface area (Å²) < 4.78 is 14.1. The van der Waals surface area contributed by atoms with Crippen LogP contribution in [-0.2, 0) is 4.79 Å². The number of halogens is 1. The van der Waals surface area contributed by atoms with Gasteiger partial charge in [-0.2, -0.15) is 0 Å². The zero-order valence-electron chi connectivity index (χ0n) is 11.5. The first kappa shape index (κ1) is 13.4. The molecule has 0 bridgehead atoms. The van der Waals surface area contributed by atoms with E-state index in [1.165, 1.54) is 6.07 Å². The molecule has 108 valence electrons. The van der Waals surface area contributed by atoms with Gasteiger partial charge in [-0.15, -0.1) is 0 Å². The Kier molecular flexibility index (Phi) is 3.38. The molecule has 0 spiro atoms. The third-order valence-corrected chi connectivity index (χ3v) is 4.38. The first-order valence-electron chi connectivity index (χ1n) is 7.21. The summed E-state index contributed by atoms with van der Waals surface area (Å²) in [4.78, 5) is 14.1. The molecule has 1 aliphatic heterocycles. The fraction of sp³-hybridized carbons (Fsp3) is 0.533. The van der Waals surface area contributed by atoms with Crippen LogP contribution in [-0.4, -0.2) is 25.5 Å². The van der Waals surface area contributed by atoms with Crippen molar-refractivity contribution >= 4 is 17.3 Å². The molecule has 0 radical (unpaired) electrons. The van der Waals surface area contributed by atoms with Crippen LogP contribution in [0, 0.1) is 11.2 Å². The van der Waals surface area contributed by atoms with Crippen molar-refractivity contribution in [3.8, 4) is 0 Å². The number of anilines is 2. The van der Waals surface area contributed by atoms with Gasteiger partial charge in [-0.05, 0) is 43.9 Å². The summed E-state index contributed by atoms with van der Waals surface area (Å²) in [7, 11) is 0. The molecular formula is C15H20FN3O. The molecule has 1 amide bonds. The first-order valence-corrected chi connectivity index (χ1v) is 7.21. The fourth-order valence-electron chi connectivity index (χ4n) is 2.74. The Balaban J connectivity index is 1.72. The number of carbonyl (C=O) groups is 1. The fourth-order valence-corrected chi connectivity index (χ4v) is 2.74. The number of carbonyl (C=O) groups excluding carboxylic acids is 1. The van der Waals surface area contributed by atoms with Gasteiger partial charge in [0.05, 0.1) is 11.1 Å². The largest absolute Gasteiger partial charge is 0.369 e. The van der Waals surface area contributed by atoms with Crippen LogP contribution in [0.1, 0.15) is 25.7 Å². The molecule has 3 rings (SSSR count). The highest BCUT2D eigenvalue weighted by atomic mass is 19.1. The average Bonchev–Trinajstić information content (AvgIpc) is 3.07. The predicted octanol–water partition coefficient (Wildman–Crippen LogP) is 2.10. The minimum Gasteiger partial charge on any atom is -0.369 e. The van der Waals surface area contributed by atoms with Crippen LogP contribution in [0.25, 0.3) is 0 Å². The van der Waals surface area contributed by atoms with E-state index in [0.29, 0.717) is 17.9 Å². The zero-order valence-corrected chi connectivity index (χ0v) is 11.5. The minimum atomic E-state index is -0.413. The molecule has 1 aromatic carbocycles. The van der Waals surface area contributed by atoms with Crippen molar-refractivity contribution in [2.45, 2.75) is 25.7 Å². The van der Waals surface area contributed by atoms with E-state index >= 15 is 0 Å². The van der Waals surface area contributed by atoms with Gasteiger partial charge in [0.1, 0.15) is 5.82 Å². The molecule has 4 nitrogen and oxygen atoms in total. The standard InChI is InChI=1S/C15H20FN3O/c16-12-9-11(18-14(20)15(10-17)5-6-15)3-4-13(12)19-7-1-2-8-19/h3-4,9H,1-2,5-8,10,17H2,(H,18,20). The summed E-state index contributed by atoms with van der Waals surface area (Å²) in [5.41, 5.74) is 6.34.